The molecule has 2 unspecified atom stereocenters. The van der Waals surface area contributed by atoms with Gasteiger partial charge in [0.1, 0.15) is 12.9 Å². The van der Waals surface area contributed by atoms with Crippen molar-refractivity contribution >= 4 is 29.5 Å². The molecule has 1 fully saturated rings. The van der Waals surface area contributed by atoms with Gasteiger partial charge >= 0.3 is 5.97 Å². The molecule has 5 rings (SSSR count). The van der Waals surface area contributed by atoms with Gasteiger partial charge in [-0.3, -0.25) is 4.48 Å². The van der Waals surface area contributed by atoms with Crippen LogP contribution >= 0.6 is 11.6 Å². The lowest BCUT2D eigenvalue weighted by Gasteiger charge is -2.55. The zero-order valence-corrected chi connectivity index (χ0v) is 21.6. The van der Waals surface area contributed by atoms with Crippen LogP contribution in [0.1, 0.15) is 67.9 Å². The molecule has 2 aromatic carbocycles. The van der Waals surface area contributed by atoms with Gasteiger partial charge in [0, 0.05) is 22.9 Å². The second-order valence-corrected chi connectivity index (χ2v) is 12.3. The molecule has 3 aliphatic rings. The monoisotopic (exact) mass is 496 g/mol. The van der Waals surface area contributed by atoms with Crippen LogP contribution in [-0.4, -0.2) is 42.6 Å². The van der Waals surface area contributed by atoms with Crippen LogP contribution < -0.4 is 9.22 Å². The first kappa shape index (κ1) is 24.3. The van der Waals surface area contributed by atoms with E-state index in [2.05, 4.69) is 32.9 Å². The van der Waals surface area contributed by atoms with E-state index in [9.17, 15) is 14.7 Å². The molecule has 0 radical (unpaired) electrons. The van der Waals surface area contributed by atoms with Crippen molar-refractivity contribution in [1.29, 1.82) is 0 Å². The van der Waals surface area contributed by atoms with Crippen molar-refractivity contribution in [3.05, 3.63) is 58.1 Å². The lowest BCUT2D eigenvalue weighted by Crippen LogP contribution is -2.69. The maximum atomic E-state index is 12.0. The number of quaternary nitrogens is 1. The van der Waals surface area contributed by atoms with Crippen molar-refractivity contribution in [1.82, 2.24) is 4.48 Å². The van der Waals surface area contributed by atoms with Gasteiger partial charge in [-0.2, -0.15) is 0 Å². The Labute approximate surface area is 212 Å². The first-order valence-corrected chi connectivity index (χ1v) is 13.1. The van der Waals surface area contributed by atoms with Crippen molar-refractivity contribution in [2.45, 2.75) is 63.8 Å². The zero-order chi connectivity index (χ0) is 25.0. The fourth-order valence-corrected chi connectivity index (χ4v) is 6.95. The van der Waals surface area contributed by atoms with Crippen molar-refractivity contribution in [2.75, 3.05) is 19.7 Å². The molecular formula is C29H35ClNO4+. The average molecular weight is 497 g/mol. The van der Waals surface area contributed by atoms with Gasteiger partial charge in [-0.1, -0.05) is 17.7 Å². The minimum Gasteiger partial charge on any atom is -0.486 e. The molecule has 2 aliphatic carbocycles. The average Bonchev–Trinajstić information content (AvgIpc) is 2.92. The number of benzene rings is 2. The summed E-state index contributed by atoms with van der Waals surface area (Å²) in [7, 11) is 0. The Morgan fingerprint density at radius 3 is 2.69 bits per heavy atom. The summed E-state index contributed by atoms with van der Waals surface area (Å²) in [5, 5.41) is 10.6. The highest BCUT2D eigenvalue weighted by Crippen LogP contribution is 2.52. The lowest BCUT2D eigenvalue weighted by atomic mass is 9.68. The Balaban J connectivity index is 1.73. The summed E-state index contributed by atoms with van der Waals surface area (Å²) in [4.78, 5) is 23.8. The molecule has 1 spiro atoms. The second kappa shape index (κ2) is 8.63. The van der Waals surface area contributed by atoms with Gasteiger partial charge in [-0.15, -0.1) is 0 Å². The van der Waals surface area contributed by atoms with Gasteiger partial charge in [-0.25, -0.2) is 4.79 Å². The SMILES string of the molecule is CC(C)(C)[N+]1(C[C@@H]2CC[C@H]2C=O)CC2(CCCc3cc(Cl)ccc32)COc2ccc(C(=O)O)cc21. The lowest BCUT2D eigenvalue weighted by molar-refractivity contribution is -0.116. The Bertz CT molecular complexity index is 1170. The number of carboxylic acids is 1. The van der Waals surface area contributed by atoms with Crippen molar-refractivity contribution in [2.24, 2.45) is 11.8 Å². The topological polar surface area (TPSA) is 63.6 Å². The second-order valence-electron chi connectivity index (χ2n) is 11.8. The van der Waals surface area contributed by atoms with Gasteiger partial charge in [0.2, 0.25) is 0 Å². The molecule has 186 valence electrons. The summed E-state index contributed by atoms with van der Waals surface area (Å²) < 4.78 is 7.17. The molecule has 1 heterocycles. The Morgan fingerprint density at radius 2 is 2.03 bits per heavy atom. The maximum absolute atomic E-state index is 12.0. The van der Waals surface area contributed by atoms with E-state index in [1.807, 2.05) is 18.2 Å². The molecule has 0 amide bonds. The number of carbonyl (C=O) groups excluding carboxylic acids is 1. The van der Waals surface area contributed by atoms with E-state index in [1.54, 1.807) is 6.07 Å². The van der Waals surface area contributed by atoms with Crippen LogP contribution in [0.15, 0.2) is 36.4 Å². The molecule has 1 saturated carbocycles. The third-order valence-electron chi connectivity index (χ3n) is 8.97. The molecule has 5 nitrogen and oxygen atoms in total. The number of rotatable bonds is 4. The molecule has 0 saturated heterocycles. The number of hydrogen-bond donors (Lipinski definition) is 1. The van der Waals surface area contributed by atoms with Gasteiger partial charge in [0.25, 0.3) is 0 Å². The van der Waals surface area contributed by atoms with Crippen LogP contribution in [0.25, 0.3) is 0 Å². The zero-order valence-electron chi connectivity index (χ0n) is 20.9. The number of halogens is 1. The predicted octanol–water partition coefficient (Wildman–Crippen LogP) is 6.04. The number of nitrogens with zero attached hydrogens (tertiary/aromatic N) is 1. The summed E-state index contributed by atoms with van der Waals surface area (Å²) in [6.07, 6.45) is 6.12. The summed E-state index contributed by atoms with van der Waals surface area (Å²) in [6, 6.07) is 11.5. The molecule has 4 atom stereocenters. The third-order valence-corrected chi connectivity index (χ3v) is 9.20. The molecule has 1 N–H and O–H groups in total. The number of aromatic carboxylic acids is 1. The summed E-state index contributed by atoms with van der Waals surface area (Å²) in [6.45, 7) is 8.84. The molecule has 2 aromatic rings. The Kier molecular flexibility index (Phi) is 6.00. The normalized spacial score (nSPS) is 29.8. The van der Waals surface area contributed by atoms with Crippen LogP contribution in [0.3, 0.4) is 0 Å². The van der Waals surface area contributed by atoms with Crippen LogP contribution in [-0.2, 0) is 16.6 Å². The highest BCUT2D eigenvalue weighted by Gasteiger charge is 2.56. The van der Waals surface area contributed by atoms with Gasteiger partial charge in [-0.05, 0) is 88.3 Å². The Morgan fingerprint density at radius 1 is 1.23 bits per heavy atom. The fourth-order valence-electron chi connectivity index (χ4n) is 6.76. The van der Waals surface area contributed by atoms with Gasteiger partial charge in [0.05, 0.1) is 29.6 Å². The van der Waals surface area contributed by atoms with E-state index in [0.29, 0.717) is 11.1 Å². The van der Waals surface area contributed by atoms with E-state index in [-0.39, 0.29) is 28.4 Å². The van der Waals surface area contributed by atoms with Crippen LogP contribution in [0.2, 0.25) is 5.02 Å². The van der Waals surface area contributed by atoms with E-state index in [4.69, 9.17) is 16.3 Å². The quantitative estimate of drug-likeness (QED) is 0.414. The number of aldehydes is 1. The maximum Gasteiger partial charge on any atom is 0.335 e. The number of carbonyl (C=O) groups is 2. The van der Waals surface area contributed by atoms with Crippen molar-refractivity contribution in [3.8, 4) is 5.75 Å². The standard InChI is InChI=1S/C29H34ClNO4/c1-28(2,3)31(15-21-6-7-22(21)16-32)17-29(12-4-5-19-13-23(30)9-10-24(19)29)18-35-26-11-8-20(27(33)34)14-25(26)31/h8-11,13-14,16,21-22H,4-7,12,15,17-18H2,1-3H3/p+1/t21-,22-,29?,31?/m0/s1. The summed E-state index contributed by atoms with van der Waals surface area (Å²) in [5.74, 6) is 0.156. The molecule has 35 heavy (non-hydrogen) atoms. The molecule has 6 heteroatoms. The molecule has 0 bridgehead atoms. The summed E-state index contributed by atoms with van der Waals surface area (Å²) >= 11 is 6.39. The minimum atomic E-state index is -0.939. The molecule has 0 aromatic heterocycles. The number of fused-ring (bicyclic) bond motifs is 3. The number of hydrogen-bond acceptors (Lipinski definition) is 3. The van der Waals surface area contributed by atoms with E-state index in [0.717, 1.165) is 67.9 Å². The van der Waals surface area contributed by atoms with Crippen LogP contribution in [0, 0.1) is 11.8 Å². The minimum absolute atomic E-state index is 0.0658. The van der Waals surface area contributed by atoms with Gasteiger partial charge < -0.3 is 14.6 Å². The largest absolute Gasteiger partial charge is 0.486 e. The third kappa shape index (κ3) is 3.97. The smallest absolute Gasteiger partial charge is 0.335 e. The van der Waals surface area contributed by atoms with Gasteiger partial charge in [0.15, 0.2) is 11.4 Å². The van der Waals surface area contributed by atoms with Crippen molar-refractivity contribution in [3.63, 3.8) is 0 Å². The van der Waals surface area contributed by atoms with Crippen LogP contribution in [0.5, 0.6) is 5.75 Å². The first-order valence-electron chi connectivity index (χ1n) is 12.7. The fraction of sp³-hybridized carbons (Fsp3) is 0.517. The number of carboxylic acid groups (broad SMARTS) is 1. The molecular weight excluding hydrogens is 462 g/mol. The predicted molar refractivity (Wildman–Crippen MR) is 139 cm³/mol. The number of ether oxygens (including phenoxy) is 1. The highest BCUT2D eigenvalue weighted by molar-refractivity contribution is 6.30. The van der Waals surface area contributed by atoms with E-state index < -0.39 is 5.97 Å². The van der Waals surface area contributed by atoms with Crippen LogP contribution in [0.4, 0.5) is 5.69 Å². The molecule has 1 aliphatic heterocycles. The van der Waals surface area contributed by atoms with E-state index in [1.165, 1.54) is 11.1 Å². The number of aryl methyl sites for hydroxylation is 1. The van der Waals surface area contributed by atoms with E-state index >= 15 is 0 Å². The van der Waals surface area contributed by atoms with Crippen molar-refractivity contribution < 1.29 is 19.4 Å². The highest BCUT2D eigenvalue weighted by atomic mass is 35.5. The summed E-state index contributed by atoms with van der Waals surface area (Å²) in [5.41, 5.74) is 3.30. The first-order chi connectivity index (χ1) is 16.6. The Hall–Kier alpha value is -2.37.